The molecule has 2 atom stereocenters. The van der Waals surface area contributed by atoms with Gasteiger partial charge in [0.05, 0.1) is 7.11 Å². The monoisotopic (exact) mass is 248 g/mol. The summed E-state index contributed by atoms with van der Waals surface area (Å²) >= 11 is 0. The van der Waals surface area contributed by atoms with Crippen LogP contribution in [0, 0.1) is 37.5 Å². The van der Waals surface area contributed by atoms with Crippen LogP contribution in [0.1, 0.15) is 20.3 Å². The van der Waals surface area contributed by atoms with Crippen LogP contribution in [0.2, 0.25) is 0 Å². The smallest absolute Gasteiger partial charge is 0.323 e. The molecule has 18 heavy (non-hydrogen) atoms. The molecule has 99 valence electrons. The first-order valence-corrected chi connectivity index (χ1v) is 6.26. The molecule has 0 saturated heterocycles. The topological polar surface area (TPSA) is 38.3 Å². The Balaban J connectivity index is 2.66. The summed E-state index contributed by atoms with van der Waals surface area (Å²) in [5.41, 5.74) is 0. The molecule has 0 aromatic carbocycles. The van der Waals surface area contributed by atoms with Crippen molar-refractivity contribution in [2.75, 3.05) is 7.11 Å². The summed E-state index contributed by atoms with van der Waals surface area (Å²) in [6.07, 6.45) is 10.7. The van der Waals surface area contributed by atoms with Crippen molar-refractivity contribution in [1.29, 1.82) is 0 Å². The Kier molecular flexibility index (Phi) is 6.41. The van der Waals surface area contributed by atoms with E-state index in [0.717, 1.165) is 6.42 Å². The minimum Gasteiger partial charge on any atom is -0.468 e. The highest BCUT2D eigenvalue weighted by Gasteiger charge is 2.31. The standard InChI is InChI=1S/C15H22NO2/c1-5-8-13(12-9-6-7-10-12)16-14(11(2)3)15(17)18-4/h5-7,9-11,13-14,16H,1,8H2,2-4H3/t13-,14-/m0/s1. The summed E-state index contributed by atoms with van der Waals surface area (Å²) in [6, 6.07) is -0.196. The molecule has 0 amide bonds. The minimum absolute atomic E-state index is 0.101. The van der Waals surface area contributed by atoms with Gasteiger partial charge in [-0.25, -0.2) is 0 Å². The maximum atomic E-state index is 11.8. The molecule has 0 unspecified atom stereocenters. The Morgan fingerprint density at radius 2 is 2.06 bits per heavy atom. The van der Waals surface area contributed by atoms with Gasteiger partial charge in [-0.1, -0.05) is 19.9 Å². The van der Waals surface area contributed by atoms with Gasteiger partial charge in [-0.2, -0.15) is 0 Å². The van der Waals surface area contributed by atoms with Gasteiger partial charge in [0.25, 0.3) is 0 Å². The molecule has 1 N–H and O–H groups in total. The largest absolute Gasteiger partial charge is 0.468 e. The SMILES string of the molecule is C=CC[C@H](N[C@H](C(=O)OC)C(C)C)[C]1[CH][CH][CH][CH]1. The first-order chi connectivity index (χ1) is 8.60. The van der Waals surface area contributed by atoms with Crippen LogP contribution in [0.3, 0.4) is 0 Å². The van der Waals surface area contributed by atoms with Gasteiger partial charge in [0, 0.05) is 12.0 Å². The first-order valence-electron chi connectivity index (χ1n) is 6.26. The van der Waals surface area contributed by atoms with E-state index in [1.165, 1.54) is 13.0 Å². The number of methoxy groups -OCH3 is 1. The number of carbonyl (C=O) groups is 1. The molecular formula is C15H22NO2. The van der Waals surface area contributed by atoms with Crippen molar-refractivity contribution in [1.82, 2.24) is 5.32 Å². The van der Waals surface area contributed by atoms with Crippen molar-refractivity contribution in [3.63, 3.8) is 0 Å². The van der Waals surface area contributed by atoms with Crippen molar-refractivity contribution >= 4 is 5.97 Å². The minimum atomic E-state index is -0.296. The summed E-state index contributed by atoms with van der Waals surface area (Å²) in [6.45, 7) is 7.78. The maximum absolute atomic E-state index is 11.8. The summed E-state index contributed by atoms with van der Waals surface area (Å²) in [5.74, 6) is 1.13. The fourth-order valence-corrected chi connectivity index (χ4v) is 1.96. The molecule has 1 aliphatic carbocycles. The van der Waals surface area contributed by atoms with Gasteiger partial charge in [-0.05, 0) is 38.0 Å². The summed E-state index contributed by atoms with van der Waals surface area (Å²) < 4.78 is 4.84. The predicted molar refractivity (Wildman–Crippen MR) is 72.8 cm³/mol. The average Bonchev–Trinajstić information content (AvgIpc) is 2.86. The molecule has 1 aliphatic rings. The van der Waals surface area contributed by atoms with Crippen LogP contribution < -0.4 is 5.32 Å². The molecule has 3 nitrogen and oxygen atoms in total. The van der Waals surface area contributed by atoms with E-state index in [9.17, 15) is 4.79 Å². The van der Waals surface area contributed by atoms with Crippen molar-refractivity contribution < 1.29 is 9.53 Å². The van der Waals surface area contributed by atoms with Gasteiger partial charge in [-0.3, -0.25) is 4.79 Å². The third kappa shape index (κ3) is 4.13. The molecule has 1 rings (SSSR count). The Morgan fingerprint density at radius 1 is 1.44 bits per heavy atom. The van der Waals surface area contributed by atoms with Crippen LogP contribution in [-0.4, -0.2) is 25.2 Å². The summed E-state index contributed by atoms with van der Waals surface area (Å²) in [4.78, 5) is 11.8. The Hall–Kier alpha value is -0.830. The highest BCUT2D eigenvalue weighted by atomic mass is 16.5. The van der Waals surface area contributed by atoms with E-state index in [0.29, 0.717) is 0 Å². The second kappa shape index (κ2) is 7.57. The van der Waals surface area contributed by atoms with Gasteiger partial charge in [0.2, 0.25) is 0 Å². The molecule has 0 spiro atoms. The third-order valence-corrected chi connectivity index (χ3v) is 3.00. The zero-order chi connectivity index (χ0) is 13.5. The van der Waals surface area contributed by atoms with Gasteiger partial charge in [0.15, 0.2) is 0 Å². The second-order valence-electron chi connectivity index (χ2n) is 4.71. The van der Waals surface area contributed by atoms with Crippen LogP contribution in [0.5, 0.6) is 0 Å². The summed E-state index contributed by atoms with van der Waals surface area (Å²) in [7, 11) is 1.42. The lowest BCUT2D eigenvalue weighted by molar-refractivity contribution is -0.144. The van der Waals surface area contributed by atoms with Gasteiger partial charge in [0.1, 0.15) is 6.04 Å². The Morgan fingerprint density at radius 3 is 2.50 bits per heavy atom. The van der Waals surface area contributed by atoms with Crippen molar-refractivity contribution in [3.05, 3.63) is 44.3 Å². The lowest BCUT2D eigenvalue weighted by Gasteiger charge is -2.29. The van der Waals surface area contributed by atoms with Gasteiger partial charge >= 0.3 is 5.97 Å². The van der Waals surface area contributed by atoms with Gasteiger partial charge in [-0.15, -0.1) is 6.58 Å². The van der Waals surface area contributed by atoms with E-state index in [1.54, 1.807) is 0 Å². The lowest BCUT2D eigenvalue weighted by atomic mass is 9.92. The molecular weight excluding hydrogens is 226 g/mol. The maximum Gasteiger partial charge on any atom is 0.323 e. The molecule has 0 aliphatic heterocycles. The molecule has 5 radical (unpaired) electrons. The molecule has 0 aromatic rings. The first kappa shape index (κ1) is 15.2. The van der Waals surface area contributed by atoms with Crippen LogP contribution in [-0.2, 0) is 9.53 Å². The molecule has 0 bridgehead atoms. The van der Waals surface area contributed by atoms with E-state index in [-0.39, 0.29) is 24.0 Å². The number of carbonyl (C=O) groups excluding carboxylic acids is 1. The van der Waals surface area contributed by atoms with Crippen LogP contribution in [0.25, 0.3) is 0 Å². The molecule has 1 saturated carbocycles. The predicted octanol–water partition coefficient (Wildman–Crippen LogP) is 2.12. The van der Waals surface area contributed by atoms with E-state index in [1.807, 2.05) is 32.8 Å². The highest BCUT2D eigenvalue weighted by molar-refractivity contribution is 5.76. The number of ether oxygens (including phenoxy) is 1. The fourth-order valence-electron chi connectivity index (χ4n) is 1.96. The fraction of sp³-hybridized carbons (Fsp3) is 0.467. The average molecular weight is 248 g/mol. The van der Waals surface area contributed by atoms with Crippen LogP contribution in [0.15, 0.2) is 12.7 Å². The van der Waals surface area contributed by atoms with Crippen molar-refractivity contribution in [3.8, 4) is 0 Å². The van der Waals surface area contributed by atoms with E-state index >= 15 is 0 Å². The summed E-state index contributed by atoms with van der Waals surface area (Å²) in [5, 5.41) is 3.36. The van der Waals surface area contributed by atoms with E-state index < -0.39 is 0 Å². The number of hydrogen-bond donors (Lipinski definition) is 1. The quantitative estimate of drug-likeness (QED) is 0.554. The Bertz CT molecular complexity index is 270. The van der Waals surface area contributed by atoms with E-state index in [2.05, 4.69) is 24.7 Å². The zero-order valence-electron chi connectivity index (χ0n) is 11.3. The normalized spacial score (nSPS) is 19.8. The molecule has 3 heteroatoms. The number of rotatable bonds is 7. The molecule has 1 fully saturated rings. The number of nitrogens with one attached hydrogen (secondary N) is 1. The Labute approximate surface area is 111 Å². The van der Waals surface area contributed by atoms with Crippen molar-refractivity contribution in [2.45, 2.75) is 32.4 Å². The van der Waals surface area contributed by atoms with Crippen LogP contribution in [0.4, 0.5) is 0 Å². The second-order valence-corrected chi connectivity index (χ2v) is 4.71. The highest BCUT2D eigenvalue weighted by Crippen LogP contribution is 2.28. The number of hydrogen-bond acceptors (Lipinski definition) is 3. The number of esters is 1. The van der Waals surface area contributed by atoms with Gasteiger partial charge < -0.3 is 10.1 Å². The van der Waals surface area contributed by atoms with E-state index in [4.69, 9.17) is 4.74 Å². The zero-order valence-corrected chi connectivity index (χ0v) is 11.3. The van der Waals surface area contributed by atoms with Crippen LogP contribution >= 0.6 is 0 Å². The third-order valence-electron chi connectivity index (χ3n) is 3.00. The van der Waals surface area contributed by atoms with Crippen molar-refractivity contribution in [2.24, 2.45) is 5.92 Å². The lowest BCUT2D eigenvalue weighted by Crippen LogP contribution is -2.49. The molecule has 0 heterocycles. The molecule has 0 aromatic heterocycles.